The lowest BCUT2D eigenvalue weighted by Gasteiger charge is -2.34. The predicted octanol–water partition coefficient (Wildman–Crippen LogP) is 2.37. The first-order valence-electron chi connectivity index (χ1n) is 8.17. The van der Waals surface area contributed by atoms with Crippen molar-refractivity contribution in [1.29, 1.82) is 0 Å². The van der Waals surface area contributed by atoms with E-state index in [-0.39, 0.29) is 5.82 Å². The second-order valence-corrected chi connectivity index (χ2v) is 6.02. The van der Waals surface area contributed by atoms with Crippen LogP contribution in [0.15, 0.2) is 48.5 Å². The number of anilines is 1. The first-order valence-corrected chi connectivity index (χ1v) is 8.17. The maximum atomic E-state index is 14.3. The minimum Gasteiger partial charge on any atom is -0.351 e. The van der Waals surface area contributed by atoms with Gasteiger partial charge in [-0.2, -0.15) is 0 Å². The first-order chi connectivity index (χ1) is 12.1. The van der Waals surface area contributed by atoms with Gasteiger partial charge in [0.1, 0.15) is 11.5 Å². The molecule has 1 fully saturated rings. The number of para-hydroxylation sites is 2. The molecule has 1 aliphatic rings. The molecule has 128 valence electrons. The molecule has 1 aromatic heterocycles. The van der Waals surface area contributed by atoms with Gasteiger partial charge in [-0.1, -0.05) is 24.3 Å². The fourth-order valence-electron chi connectivity index (χ4n) is 3.23. The van der Waals surface area contributed by atoms with Crippen molar-refractivity contribution in [2.45, 2.75) is 0 Å². The molecular formula is C18H18FN5O. The Morgan fingerprint density at radius 2 is 1.68 bits per heavy atom. The summed E-state index contributed by atoms with van der Waals surface area (Å²) in [6, 6.07) is 14.0. The van der Waals surface area contributed by atoms with Gasteiger partial charge in [-0.05, 0) is 24.3 Å². The number of hydrogen-bond donors (Lipinski definition) is 1. The molecule has 0 bridgehead atoms. The van der Waals surface area contributed by atoms with Crippen molar-refractivity contribution in [1.82, 2.24) is 14.7 Å². The van der Waals surface area contributed by atoms with E-state index in [4.69, 9.17) is 5.73 Å². The number of piperazine rings is 1. The van der Waals surface area contributed by atoms with Gasteiger partial charge in [-0.3, -0.25) is 0 Å². The van der Waals surface area contributed by atoms with Crippen LogP contribution in [0.25, 0.3) is 16.6 Å². The summed E-state index contributed by atoms with van der Waals surface area (Å²) in [6.45, 7) is 2.38. The van der Waals surface area contributed by atoms with Gasteiger partial charge in [0.05, 0.1) is 5.52 Å². The Labute approximate surface area is 144 Å². The number of halogens is 1. The van der Waals surface area contributed by atoms with Crippen molar-refractivity contribution >= 4 is 22.8 Å². The Hall–Kier alpha value is -3.09. The molecular weight excluding hydrogens is 321 g/mol. The van der Waals surface area contributed by atoms with E-state index in [0.717, 1.165) is 16.7 Å². The number of hydrogen-bond acceptors (Lipinski definition) is 3. The highest BCUT2D eigenvalue weighted by molar-refractivity contribution is 5.92. The van der Waals surface area contributed by atoms with Crippen LogP contribution in [-0.2, 0) is 0 Å². The van der Waals surface area contributed by atoms with Gasteiger partial charge in [-0.15, -0.1) is 5.10 Å². The summed E-state index contributed by atoms with van der Waals surface area (Å²) in [4.78, 5) is 15.0. The molecule has 0 radical (unpaired) electrons. The SMILES string of the molecule is NC(=O)N1CCN(c2nn(-c3ccccc3F)c3ccccc23)CC1. The van der Waals surface area contributed by atoms with Crippen LogP contribution in [-0.4, -0.2) is 46.9 Å². The highest BCUT2D eigenvalue weighted by Gasteiger charge is 2.24. The smallest absolute Gasteiger partial charge is 0.314 e. The Kier molecular flexibility index (Phi) is 3.76. The van der Waals surface area contributed by atoms with Crippen molar-refractivity contribution in [3.8, 4) is 5.69 Å². The average molecular weight is 339 g/mol. The minimum atomic E-state index is -0.401. The molecule has 0 saturated carbocycles. The minimum absolute atomic E-state index is 0.319. The van der Waals surface area contributed by atoms with Crippen molar-refractivity contribution in [3.63, 3.8) is 0 Å². The van der Waals surface area contributed by atoms with Gasteiger partial charge in [0, 0.05) is 31.6 Å². The number of nitrogens with zero attached hydrogens (tertiary/aromatic N) is 4. The summed E-state index contributed by atoms with van der Waals surface area (Å²) in [6.07, 6.45) is 0. The Morgan fingerprint density at radius 3 is 2.40 bits per heavy atom. The Balaban J connectivity index is 1.76. The second-order valence-electron chi connectivity index (χ2n) is 6.02. The molecule has 2 heterocycles. The van der Waals surface area contributed by atoms with Crippen LogP contribution in [0.5, 0.6) is 0 Å². The number of nitrogens with two attached hydrogens (primary N) is 1. The number of carbonyl (C=O) groups excluding carboxylic acids is 1. The summed E-state index contributed by atoms with van der Waals surface area (Å²) in [5.41, 5.74) is 6.61. The summed E-state index contributed by atoms with van der Waals surface area (Å²) in [5.74, 6) is 0.476. The summed E-state index contributed by atoms with van der Waals surface area (Å²) in [7, 11) is 0. The normalized spacial score (nSPS) is 14.9. The molecule has 3 aromatic rings. The van der Waals surface area contributed by atoms with Gasteiger partial charge >= 0.3 is 6.03 Å². The predicted molar refractivity (Wildman–Crippen MR) is 94.4 cm³/mol. The van der Waals surface area contributed by atoms with Crippen LogP contribution < -0.4 is 10.6 Å². The zero-order chi connectivity index (χ0) is 17.4. The van der Waals surface area contributed by atoms with E-state index in [2.05, 4.69) is 10.00 Å². The lowest BCUT2D eigenvalue weighted by Crippen LogP contribution is -2.50. The molecule has 2 aromatic carbocycles. The van der Waals surface area contributed by atoms with E-state index in [1.54, 1.807) is 27.8 Å². The number of rotatable bonds is 2. The zero-order valence-corrected chi connectivity index (χ0v) is 13.6. The monoisotopic (exact) mass is 339 g/mol. The van der Waals surface area contributed by atoms with Crippen LogP contribution in [0.1, 0.15) is 0 Å². The molecule has 7 heteroatoms. The lowest BCUT2D eigenvalue weighted by atomic mass is 10.2. The van der Waals surface area contributed by atoms with Crippen LogP contribution >= 0.6 is 0 Å². The zero-order valence-electron chi connectivity index (χ0n) is 13.6. The number of fused-ring (bicyclic) bond motifs is 1. The number of urea groups is 1. The summed E-state index contributed by atoms with van der Waals surface area (Å²) < 4.78 is 15.9. The number of aromatic nitrogens is 2. The Morgan fingerprint density at radius 1 is 1.00 bits per heavy atom. The van der Waals surface area contributed by atoms with E-state index >= 15 is 0 Å². The van der Waals surface area contributed by atoms with Gasteiger partial charge in [0.15, 0.2) is 5.82 Å². The van der Waals surface area contributed by atoms with Crippen LogP contribution in [0.3, 0.4) is 0 Å². The molecule has 1 aliphatic heterocycles. The Bertz CT molecular complexity index is 930. The van der Waals surface area contributed by atoms with Crippen LogP contribution in [0.2, 0.25) is 0 Å². The molecule has 0 unspecified atom stereocenters. The van der Waals surface area contributed by atoms with Crippen LogP contribution in [0.4, 0.5) is 15.0 Å². The number of primary amides is 1. The highest BCUT2D eigenvalue weighted by atomic mass is 19.1. The van der Waals surface area contributed by atoms with Crippen molar-refractivity contribution < 1.29 is 9.18 Å². The maximum Gasteiger partial charge on any atom is 0.314 e. The molecule has 2 N–H and O–H groups in total. The quantitative estimate of drug-likeness (QED) is 0.779. The van der Waals surface area contributed by atoms with Gasteiger partial charge in [-0.25, -0.2) is 13.9 Å². The molecule has 4 rings (SSSR count). The topological polar surface area (TPSA) is 67.4 Å². The molecule has 2 amide bonds. The van der Waals surface area contributed by atoms with Crippen LogP contribution in [0, 0.1) is 5.82 Å². The van der Waals surface area contributed by atoms with E-state index in [0.29, 0.717) is 31.9 Å². The third kappa shape index (κ3) is 2.67. The third-order valence-corrected chi connectivity index (χ3v) is 4.54. The average Bonchev–Trinajstić information content (AvgIpc) is 3.02. The number of amides is 2. The lowest BCUT2D eigenvalue weighted by molar-refractivity contribution is 0.204. The van der Waals surface area contributed by atoms with Crippen molar-refractivity contribution in [2.24, 2.45) is 5.73 Å². The molecule has 0 spiro atoms. The largest absolute Gasteiger partial charge is 0.351 e. The fraction of sp³-hybridized carbons (Fsp3) is 0.222. The fourth-order valence-corrected chi connectivity index (χ4v) is 3.23. The maximum absolute atomic E-state index is 14.3. The highest BCUT2D eigenvalue weighted by Crippen LogP contribution is 2.29. The summed E-state index contributed by atoms with van der Waals surface area (Å²) in [5, 5.41) is 5.64. The van der Waals surface area contributed by atoms with Gasteiger partial charge in [0.2, 0.25) is 0 Å². The summed E-state index contributed by atoms with van der Waals surface area (Å²) >= 11 is 0. The van der Waals surface area contributed by atoms with E-state index < -0.39 is 6.03 Å². The van der Waals surface area contributed by atoms with Crippen molar-refractivity contribution in [3.05, 3.63) is 54.3 Å². The second kappa shape index (κ2) is 6.08. The standard InChI is InChI=1S/C18H18FN5O/c19-14-6-2-4-8-16(14)24-15-7-3-1-5-13(15)17(21-24)22-9-11-23(12-10-22)18(20)25/h1-8H,9-12H2,(H2,20,25). The molecule has 0 aliphatic carbocycles. The molecule has 25 heavy (non-hydrogen) atoms. The third-order valence-electron chi connectivity index (χ3n) is 4.54. The van der Waals surface area contributed by atoms with E-state index in [9.17, 15) is 9.18 Å². The van der Waals surface area contributed by atoms with Crippen molar-refractivity contribution in [2.75, 3.05) is 31.1 Å². The van der Waals surface area contributed by atoms with Gasteiger partial charge < -0.3 is 15.5 Å². The van der Waals surface area contributed by atoms with E-state index in [1.165, 1.54) is 6.07 Å². The number of carbonyl (C=O) groups is 1. The first kappa shape index (κ1) is 15.4. The van der Waals surface area contributed by atoms with Gasteiger partial charge in [0.25, 0.3) is 0 Å². The molecule has 6 nitrogen and oxygen atoms in total. The number of benzene rings is 2. The molecule has 0 atom stereocenters. The molecule has 1 saturated heterocycles. The van der Waals surface area contributed by atoms with E-state index in [1.807, 2.05) is 24.3 Å².